The molecule has 37 heavy (non-hydrogen) atoms. The molecule has 0 saturated heterocycles. The summed E-state index contributed by atoms with van der Waals surface area (Å²) in [4.78, 5) is 28.4. The lowest BCUT2D eigenvalue weighted by Gasteiger charge is -2.33. The van der Waals surface area contributed by atoms with Gasteiger partial charge in [0.25, 0.3) is 0 Å². The number of hydrogen-bond donors (Lipinski definition) is 1. The van der Waals surface area contributed by atoms with Gasteiger partial charge in [0.05, 0.1) is 11.9 Å². The van der Waals surface area contributed by atoms with Gasteiger partial charge in [0.1, 0.15) is 18.4 Å². The molecule has 1 N–H and O–H groups in total. The summed E-state index contributed by atoms with van der Waals surface area (Å²) in [6.45, 7) is 1.54. The second-order valence-electron chi connectivity index (χ2n) is 8.50. The maximum atomic E-state index is 13.8. The summed E-state index contributed by atoms with van der Waals surface area (Å²) < 4.78 is 39.9. The van der Waals surface area contributed by atoms with Gasteiger partial charge in [-0.3, -0.25) is 13.9 Å². The van der Waals surface area contributed by atoms with Gasteiger partial charge in [-0.25, -0.2) is 12.8 Å². The van der Waals surface area contributed by atoms with Crippen LogP contribution >= 0.6 is 11.6 Å². The van der Waals surface area contributed by atoms with Crippen LogP contribution in [0.1, 0.15) is 18.1 Å². The van der Waals surface area contributed by atoms with Crippen LogP contribution in [0.4, 0.5) is 10.1 Å². The van der Waals surface area contributed by atoms with Gasteiger partial charge in [-0.05, 0) is 48.4 Å². The molecule has 0 aromatic heterocycles. The zero-order valence-electron chi connectivity index (χ0n) is 20.6. The van der Waals surface area contributed by atoms with E-state index < -0.39 is 34.3 Å². The molecule has 0 aliphatic carbocycles. The normalized spacial score (nSPS) is 12.0. The van der Waals surface area contributed by atoms with Gasteiger partial charge in [-0.15, -0.1) is 0 Å². The highest BCUT2D eigenvalue weighted by Gasteiger charge is 2.32. The molecule has 0 bridgehead atoms. The summed E-state index contributed by atoms with van der Waals surface area (Å²) in [6, 6.07) is 20.0. The fourth-order valence-corrected chi connectivity index (χ4v) is 4.90. The van der Waals surface area contributed by atoms with Gasteiger partial charge in [-0.1, -0.05) is 60.1 Å². The molecule has 0 heterocycles. The minimum atomic E-state index is -3.88. The number of carbonyl (C=O) groups is 2. The topological polar surface area (TPSA) is 86.8 Å². The van der Waals surface area contributed by atoms with Crippen molar-refractivity contribution in [1.29, 1.82) is 0 Å². The summed E-state index contributed by atoms with van der Waals surface area (Å²) in [5.41, 5.74) is 1.64. The Morgan fingerprint density at radius 2 is 1.65 bits per heavy atom. The zero-order valence-corrected chi connectivity index (χ0v) is 22.2. The standard InChI is InChI=1S/C27H29ClFN3O4S/c1-3-30-27(34)25(16-20-8-5-4-6-9-20)31(18-21-12-14-23(29)15-13-21)26(33)19-32(37(2,35)36)24-11-7-10-22(28)17-24/h4-15,17,25H,3,16,18-19H2,1-2H3,(H,30,34)/t25-/m0/s1. The van der Waals surface area contributed by atoms with Crippen molar-refractivity contribution in [3.8, 4) is 0 Å². The van der Waals surface area contributed by atoms with Crippen molar-refractivity contribution in [2.75, 3.05) is 23.7 Å². The number of halogens is 2. The number of nitrogens with zero attached hydrogens (tertiary/aromatic N) is 2. The fraction of sp³-hybridized carbons (Fsp3) is 0.259. The van der Waals surface area contributed by atoms with E-state index in [1.54, 1.807) is 19.1 Å². The lowest BCUT2D eigenvalue weighted by atomic mass is 10.0. The Hall–Kier alpha value is -3.43. The maximum Gasteiger partial charge on any atom is 0.244 e. The second-order valence-corrected chi connectivity index (χ2v) is 10.8. The third-order valence-electron chi connectivity index (χ3n) is 5.66. The molecule has 1 atom stereocenters. The Morgan fingerprint density at radius 3 is 2.24 bits per heavy atom. The molecule has 0 aliphatic heterocycles. The lowest BCUT2D eigenvalue weighted by molar-refractivity contribution is -0.140. The first kappa shape index (κ1) is 28.1. The molecule has 7 nitrogen and oxygen atoms in total. The molecule has 3 aromatic rings. The molecule has 0 unspecified atom stereocenters. The molecule has 3 rings (SSSR count). The van der Waals surface area contributed by atoms with E-state index in [2.05, 4.69) is 5.32 Å². The highest BCUT2D eigenvalue weighted by molar-refractivity contribution is 7.92. The van der Waals surface area contributed by atoms with Gasteiger partial charge >= 0.3 is 0 Å². The van der Waals surface area contributed by atoms with Crippen LogP contribution in [0.15, 0.2) is 78.9 Å². The Morgan fingerprint density at radius 1 is 0.973 bits per heavy atom. The van der Waals surface area contributed by atoms with Crippen molar-refractivity contribution in [3.63, 3.8) is 0 Å². The van der Waals surface area contributed by atoms with Crippen molar-refractivity contribution in [2.24, 2.45) is 0 Å². The van der Waals surface area contributed by atoms with Crippen LogP contribution in [0.2, 0.25) is 5.02 Å². The van der Waals surface area contributed by atoms with Crippen molar-refractivity contribution in [1.82, 2.24) is 10.2 Å². The molecule has 0 saturated carbocycles. The number of sulfonamides is 1. The van der Waals surface area contributed by atoms with Gasteiger partial charge in [0.15, 0.2) is 0 Å². The Balaban J connectivity index is 2.03. The fourth-order valence-electron chi connectivity index (χ4n) is 3.88. The molecule has 0 spiro atoms. The third-order valence-corrected chi connectivity index (χ3v) is 7.04. The summed E-state index contributed by atoms with van der Waals surface area (Å²) in [6.07, 6.45) is 1.20. The molecule has 0 radical (unpaired) electrons. The average Bonchev–Trinajstić information content (AvgIpc) is 2.85. The van der Waals surface area contributed by atoms with Crippen LogP contribution in [0.5, 0.6) is 0 Å². The van der Waals surface area contributed by atoms with Crippen molar-refractivity contribution >= 4 is 39.1 Å². The quantitative estimate of drug-likeness (QED) is 0.394. The van der Waals surface area contributed by atoms with E-state index in [0.717, 1.165) is 16.1 Å². The maximum absolute atomic E-state index is 13.8. The highest BCUT2D eigenvalue weighted by atomic mass is 35.5. The van der Waals surface area contributed by atoms with Crippen LogP contribution in [0, 0.1) is 5.82 Å². The van der Waals surface area contributed by atoms with Crippen LogP contribution in [-0.2, 0) is 32.6 Å². The number of amides is 2. The predicted octanol–water partition coefficient (Wildman–Crippen LogP) is 4.02. The van der Waals surface area contributed by atoms with E-state index in [0.29, 0.717) is 17.1 Å². The summed E-state index contributed by atoms with van der Waals surface area (Å²) in [7, 11) is -3.88. The summed E-state index contributed by atoms with van der Waals surface area (Å²) in [5, 5.41) is 3.09. The predicted molar refractivity (Wildman–Crippen MR) is 143 cm³/mol. The van der Waals surface area contributed by atoms with Crippen LogP contribution in [-0.4, -0.2) is 50.5 Å². The van der Waals surface area contributed by atoms with Crippen LogP contribution < -0.4 is 9.62 Å². The number of likely N-dealkylation sites (N-methyl/N-ethyl adjacent to an activating group) is 1. The smallest absolute Gasteiger partial charge is 0.244 e. The lowest BCUT2D eigenvalue weighted by Crippen LogP contribution is -2.53. The molecular weight excluding hydrogens is 517 g/mol. The molecule has 10 heteroatoms. The molecule has 196 valence electrons. The van der Waals surface area contributed by atoms with Gasteiger partial charge in [0.2, 0.25) is 21.8 Å². The van der Waals surface area contributed by atoms with E-state index in [1.165, 1.54) is 41.3 Å². The third kappa shape index (κ3) is 8.03. The zero-order chi connectivity index (χ0) is 27.0. The van der Waals surface area contributed by atoms with E-state index in [9.17, 15) is 22.4 Å². The van der Waals surface area contributed by atoms with Gasteiger partial charge < -0.3 is 10.2 Å². The van der Waals surface area contributed by atoms with E-state index in [-0.39, 0.29) is 24.6 Å². The number of rotatable bonds is 11. The number of benzene rings is 3. The van der Waals surface area contributed by atoms with Crippen molar-refractivity contribution in [3.05, 3.63) is 101 Å². The first-order valence-electron chi connectivity index (χ1n) is 11.7. The largest absolute Gasteiger partial charge is 0.355 e. The number of carbonyl (C=O) groups excluding carboxylic acids is 2. The Labute approximate surface area is 221 Å². The van der Waals surface area contributed by atoms with E-state index >= 15 is 0 Å². The minimum Gasteiger partial charge on any atom is -0.355 e. The number of nitrogens with one attached hydrogen (secondary N) is 1. The van der Waals surface area contributed by atoms with E-state index in [1.807, 2.05) is 30.3 Å². The Bertz CT molecular complexity index is 1320. The van der Waals surface area contributed by atoms with Crippen molar-refractivity contribution in [2.45, 2.75) is 25.9 Å². The minimum absolute atomic E-state index is 0.0269. The van der Waals surface area contributed by atoms with Crippen molar-refractivity contribution < 1.29 is 22.4 Å². The molecular formula is C27H29ClFN3O4S. The first-order valence-corrected chi connectivity index (χ1v) is 13.9. The average molecular weight is 546 g/mol. The summed E-state index contributed by atoms with van der Waals surface area (Å²) >= 11 is 6.07. The van der Waals surface area contributed by atoms with E-state index in [4.69, 9.17) is 11.6 Å². The van der Waals surface area contributed by atoms with Gasteiger partial charge in [0, 0.05) is 24.5 Å². The van der Waals surface area contributed by atoms with Crippen LogP contribution in [0.3, 0.4) is 0 Å². The monoisotopic (exact) mass is 545 g/mol. The molecule has 2 amide bonds. The molecule has 0 fully saturated rings. The first-order chi connectivity index (χ1) is 17.6. The Kier molecular flexibility index (Phi) is 9.66. The highest BCUT2D eigenvalue weighted by Crippen LogP contribution is 2.23. The number of hydrogen-bond acceptors (Lipinski definition) is 4. The van der Waals surface area contributed by atoms with Crippen LogP contribution in [0.25, 0.3) is 0 Å². The number of anilines is 1. The summed E-state index contributed by atoms with van der Waals surface area (Å²) in [5.74, 6) is -1.41. The molecule has 0 aliphatic rings. The second kappa shape index (κ2) is 12.7. The van der Waals surface area contributed by atoms with Gasteiger partial charge in [-0.2, -0.15) is 0 Å². The SMILES string of the molecule is CCNC(=O)[C@H](Cc1ccccc1)N(Cc1ccc(F)cc1)C(=O)CN(c1cccc(Cl)c1)S(C)(=O)=O. The molecule has 3 aromatic carbocycles.